The molecular formula is C17H23BrN2O4. The number of furan rings is 1. The first-order valence-electron chi connectivity index (χ1n) is 8.29. The summed E-state index contributed by atoms with van der Waals surface area (Å²) in [5.41, 5.74) is -0.508. The van der Waals surface area contributed by atoms with Crippen LogP contribution in [-0.4, -0.2) is 40.6 Å². The number of hydrogen-bond acceptors (Lipinski definition) is 4. The van der Waals surface area contributed by atoms with E-state index in [9.17, 15) is 9.59 Å². The topological polar surface area (TPSA) is 71.8 Å². The zero-order valence-corrected chi connectivity index (χ0v) is 15.8. The van der Waals surface area contributed by atoms with Crippen LogP contribution in [0.25, 0.3) is 0 Å². The molecule has 132 valence electrons. The van der Waals surface area contributed by atoms with Crippen LogP contribution in [0.3, 0.4) is 0 Å². The highest BCUT2D eigenvalue weighted by Gasteiger charge is 2.44. The molecule has 2 amide bonds. The normalized spacial score (nSPS) is 26.3. The van der Waals surface area contributed by atoms with Gasteiger partial charge in [0.15, 0.2) is 5.76 Å². The monoisotopic (exact) mass is 398 g/mol. The molecule has 2 unspecified atom stereocenters. The van der Waals surface area contributed by atoms with Crippen molar-refractivity contribution in [3.63, 3.8) is 0 Å². The Hall–Kier alpha value is -1.50. The number of alkyl carbamates (subject to hydrolysis) is 1. The third kappa shape index (κ3) is 3.77. The minimum absolute atomic E-state index is 0.0461. The standard InChI is InChI=1S/C17H23BrN2O4/c1-17(2,3)24-16(22)19-11-7-12-4-5-13(8-11)20(12)15(21)14-6-10(18)9-23-14/h6,9,11-13H,4-5,7-8H2,1-3H3,(H,19,22). The van der Waals surface area contributed by atoms with Gasteiger partial charge in [-0.25, -0.2) is 4.79 Å². The second-order valence-electron chi connectivity index (χ2n) is 7.54. The maximum Gasteiger partial charge on any atom is 0.407 e. The van der Waals surface area contributed by atoms with E-state index in [0.717, 1.165) is 30.2 Å². The molecule has 2 aliphatic rings. The number of ether oxygens (including phenoxy) is 1. The summed E-state index contributed by atoms with van der Waals surface area (Å²) in [6.45, 7) is 5.54. The Morgan fingerprint density at radius 1 is 1.29 bits per heavy atom. The number of amides is 2. The molecule has 3 heterocycles. The Kier molecular flexibility index (Phi) is 4.64. The van der Waals surface area contributed by atoms with Crippen LogP contribution in [0.2, 0.25) is 0 Å². The van der Waals surface area contributed by atoms with Crippen molar-refractivity contribution in [1.29, 1.82) is 0 Å². The lowest BCUT2D eigenvalue weighted by molar-refractivity contribution is 0.0407. The highest BCUT2D eigenvalue weighted by molar-refractivity contribution is 9.10. The largest absolute Gasteiger partial charge is 0.458 e. The summed E-state index contributed by atoms with van der Waals surface area (Å²) in [6, 6.07) is 2.03. The van der Waals surface area contributed by atoms with Crippen LogP contribution in [-0.2, 0) is 4.74 Å². The van der Waals surface area contributed by atoms with Gasteiger partial charge >= 0.3 is 6.09 Å². The van der Waals surface area contributed by atoms with Crippen LogP contribution in [0.15, 0.2) is 21.2 Å². The summed E-state index contributed by atoms with van der Waals surface area (Å²) in [7, 11) is 0. The molecule has 0 aromatic carbocycles. The first-order chi connectivity index (χ1) is 11.2. The fourth-order valence-electron chi connectivity index (χ4n) is 3.65. The van der Waals surface area contributed by atoms with Gasteiger partial charge in [0.2, 0.25) is 0 Å². The van der Waals surface area contributed by atoms with Gasteiger partial charge in [-0.1, -0.05) is 0 Å². The van der Waals surface area contributed by atoms with Gasteiger partial charge in [0, 0.05) is 24.2 Å². The van der Waals surface area contributed by atoms with Gasteiger partial charge < -0.3 is 19.4 Å². The number of piperidine rings is 1. The Morgan fingerprint density at radius 2 is 1.92 bits per heavy atom. The average Bonchev–Trinajstić information content (AvgIpc) is 2.98. The van der Waals surface area contributed by atoms with Crippen molar-refractivity contribution in [2.75, 3.05) is 0 Å². The molecule has 7 heteroatoms. The van der Waals surface area contributed by atoms with Crippen LogP contribution >= 0.6 is 15.9 Å². The number of hydrogen-bond donors (Lipinski definition) is 1. The summed E-state index contributed by atoms with van der Waals surface area (Å²) in [4.78, 5) is 26.6. The Labute approximate surface area is 150 Å². The Balaban J connectivity index is 1.62. The molecule has 2 aliphatic heterocycles. The van der Waals surface area contributed by atoms with Gasteiger partial charge in [-0.2, -0.15) is 0 Å². The molecule has 0 aliphatic carbocycles. The summed E-state index contributed by atoms with van der Waals surface area (Å²) in [5.74, 6) is 0.293. The smallest absolute Gasteiger partial charge is 0.407 e. The molecule has 0 saturated carbocycles. The average molecular weight is 399 g/mol. The Morgan fingerprint density at radius 3 is 2.42 bits per heavy atom. The van der Waals surface area contributed by atoms with E-state index in [4.69, 9.17) is 9.15 Å². The van der Waals surface area contributed by atoms with Crippen molar-refractivity contribution in [3.8, 4) is 0 Å². The maximum atomic E-state index is 12.7. The number of carbonyl (C=O) groups is 2. The van der Waals surface area contributed by atoms with E-state index in [1.807, 2.05) is 25.7 Å². The zero-order valence-electron chi connectivity index (χ0n) is 14.2. The zero-order chi connectivity index (χ0) is 17.5. The molecule has 1 N–H and O–H groups in total. The van der Waals surface area contributed by atoms with E-state index in [1.54, 1.807) is 6.07 Å². The van der Waals surface area contributed by atoms with Gasteiger partial charge in [-0.15, -0.1) is 0 Å². The fourth-order valence-corrected chi connectivity index (χ4v) is 3.95. The van der Waals surface area contributed by atoms with Crippen molar-refractivity contribution in [3.05, 3.63) is 22.6 Å². The van der Waals surface area contributed by atoms with E-state index in [-0.39, 0.29) is 30.1 Å². The molecule has 1 aromatic heterocycles. The fraction of sp³-hybridized carbons (Fsp3) is 0.647. The SMILES string of the molecule is CC(C)(C)OC(=O)NC1CC2CCC(C1)N2C(=O)c1cc(Br)co1. The van der Waals surface area contributed by atoms with E-state index >= 15 is 0 Å². The van der Waals surface area contributed by atoms with Gasteiger partial charge in [0.1, 0.15) is 11.9 Å². The molecule has 2 bridgehead atoms. The summed E-state index contributed by atoms with van der Waals surface area (Å²) < 4.78 is 11.4. The van der Waals surface area contributed by atoms with E-state index < -0.39 is 5.60 Å². The van der Waals surface area contributed by atoms with Crippen molar-refractivity contribution >= 4 is 27.9 Å². The predicted octanol–water partition coefficient (Wildman–Crippen LogP) is 3.70. The van der Waals surface area contributed by atoms with Crippen molar-refractivity contribution < 1.29 is 18.7 Å². The van der Waals surface area contributed by atoms with E-state index in [1.165, 1.54) is 6.26 Å². The number of nitrogens with zero attached hydrogens (tertiary/aromatic N) is 1. The van der Waals surface area contributed by atoms with Gasteiger partial charge in [-0.3, -0.25) is 4.79 Å². The highest BCUT2D eigenvalue weighted by atomic mass is 79.9. The molecule has 24 heavy (non-hydrogen) atoms. The van der Waals surface area contributed by atoms with Crippen LogP contribution < -0.4 is 5.32 Å². The molecule has 2 saturated heterocycles. The molecule has 0 radical (unpaired) electrons. The molecule has 1 aromatic rings. The molecule has 2 fully saturated rings. The lowest BCUT2D eigenvalue weighted by Gasteiger charge is -2.38. The third-order valence-electron chi connectivity index (χ3n) is 4.47. The second kappa shape index (κ2) is 6.43. The number of nitrogens with one attached hydrogen (secondary N) is 1. The highest BCUT2D eigenvalue weighted by Crippen LogP contribution is 2.37. The van der Waals surface area contributed by atoms with Gasteiger partial charge in [0.05, 0.1) is 4.47 Å². The lowest BCUT2D eigenvalue weighted by Crippen LogP contribution is -2.52. The summed E-state index contributed by atoms with van der Waals surface area (Å²) in [5, 5.41) is 2.95. The first-order valence-corrected chi connectivity index (χ1v) is 9.08. The first kappa shape index (κ1) is 17.3. The molecule has 2 atom stereocenters. The van der Waals surface area contributed by atoms with Crippen LogP contribution in [0.5, 0.6) is 0 Å². The number of carbonyl (C=O) groups excluding carboxylic acids is 2. The van der Waals surface area contributed by atoms with Gasteiger partial charge in [0.25, 0.3) is 5.91 Å². The predicted molar refractivity (Wildman–Crippen MR) is 91.8 cm³/mol. The minimum atomic E-state index is -0.508. The van der Waals surface area contributed by atoms with E-state index in [2.05, 4.69) is 21.2 Å². The molecule has 0 spiro atoms. The Bertz CT molecular complexity index is 623. The summed E-state index contributed by atoms with van der Waals surface area (Å²) in [6.07, 6.45) is 4.57. The van der Waals surface area contributed by atoms with E-state index in [0.29, 0.717) is 5.76 Å². The minimum Gasteiger partial charge on any atom is -0.458 e. The van der Waals surface area contributed by atoms with Crippen LogP contribution in [0.4, 0.5) is 4.79 Å². The van der Waals surface area contributed by atoms with Crippen molar-refractivity contribution in [2.45, 2.75) is 70.2 Å². The summed E-state index contributed by atoms with van der Waals surface area (Å²) >= 11 is 3.30. The second-order valence-corrected chi connectivity index (χ2v) is 8.46. The van der Waals surface area contributed by atoms with Crippen molar-refractivity contribution in [2.24, 2.45) is 0 Å². The van der Waals surface area contributed by atoms with Crippen molar-refractivity contribution in [1.82, 2.24) is 10.2 Å². The number of halogens is 1. The number of fused-ring (bicyclic) bond motifs is 2. The number of rotatable bonds is 2. The third-order valence-corrected chi connectivity index (χ3v) is 4.88. The molecule has 6 nitrogen and oxygen atoms in total. The van der Waals surface area contributed by atoms with Crippen LogP contribution in [0.1, 0.15) is 57.0 Å². The molecular weight excluding hydrogens is 376 g/mol. The van der Waals surface area contributed by atoms with Crippen LogP contribution in [0, 0.1) is 0 Å². The molecule has 3 rings (SSSR count). The maximum absolute atomic E-state index is 12.7. The van der Waals surface area contributed by atoms with Gasteiger partial charge in [-0.05, 0) is 62.4 Å². The quantitative estimate of drug-likeness (QED) is 0.823. The lowest BCUT2D eigenvalue weighted by atomic mass is 9.97.